The maximum atomic E-state index is 12.0. The van der Waals surface area contributed by atoms with Crippen LogP contribution in [0, 0.1) is 20.8 Å². The van der Waals surface area contributed by atoms with Gasteiger partial charge in [-0.3, -0.25) is 5.10 Å². The monoisotopic (exact) mass is 301 g/mol. The van der Waals surface area contributed by atoms with E-state index >= 15 is 0 Å². The number of carbonyl (C=O) groups excluding carboxylic acids is 1. The SMILES string of the molecule is Cc1nc2ccc(NC(=O)Nc3c(C)n[nH]c3C)cc2s1. The van der Waals surface area contributed by atoms with Gasteiger partial charge in [0.15, 0.2) is 0 Å². The molecule has 3 rings (SSSR count). The number of benzene rings is 1. The third kappa shape index (κ3) is 2.73. The average Bonchev–Trinajstić information content (AvgIpc) is 2.94. The van der Waals surface area contributed by atoms with Crippen molar-refractivity contribution in [3.8, 4) is 0 Å². The van der Waals surface area contributed by atoms with Crippen LogP contribution in [0.1, 0.15) is 16.4 Å². The van der Waals surface area contributed by atoms with E-state index in [4.69, 9.17) is 0 Å². The number of carbonyl (C=O) groups is 1. The predicted octanol–water partition coefficient (Wildman–Crippen LogP) is 3.59. The summed E-state index contributed by atoms with van der Waals surface area (Å²) in [5.41, 5.74) is 3.99. The molecule has 7 heteroatoms. The van der Waals surface area contributed by atoms with Gasteiger partial charge in [-0.2, -0.15) is 5.10 Å². The number of urea groups is 1. The molecule has 0 saturated carbocycles. The average molecular weight is 301 g/mol. The first kappa shape index (κ1) is 13.6. The molecule has 3 N–H and O–H groups in total. The van der Waals surface area contributed by atoms with Crippen molar-refractivity contribution in [1.82, 2.24) is 15.2 Å². The molecule has 0 aliphatic carbocycles. The zero-order valence-electron chi connectivity index (χ0n) is 11.9. The van der Waals surface area contributed by atoms with Gasteiger partial charge in [0.05, 0.1) is 32.3 Å². The summed E-state index contributed by atoms with van der Waals surface area (Å²) in [5.74, 6) is 0. The van der Waals surface area contributed by atoms with Crippen LogP contribution in [-0.4, -0.2) is 21.2 Å². The largest absolute Gasteiger partial charge is 0.323 e. The summed E-state index contributed by atoms with van der Waals surface area (Å²) < 4.78 is 1.06. The van der Waals surface area contributed by atoms with Gasteiger partial charge in [0.25, 0.3) is 0 Å². The maximum Gasteiger partial charge on any atom is 0.323 e. The van der Waals surface area contributed by atoms with Gasteiger partial charge in [-0.05, 0) is 39.0 Å². The lowest BCUT2D eigenvalue weighted by atomic mass is 10.3. The number of rotatable bonds is 2. The highest BCUT2D eigenvalue weighted by atomic mass is 32.1. The number of H-pyrrole nitrogens is 1. The molecule has 6 nitrogen and oxygen atoms in total. The van der Waals surface area contributed by atoms with E-state index in [1.54, 1.807) is 11.3 Å². The quantitative estimate of drug-likeness (QED) is 0.676. The Kier molecular flexibility index (Phi) is 3.34. The Morgan fingerprint density at radius 2 is 2.05 bits per heavy atom. The van der Waals surface area contributed by atoms with Crippen molar-refractivity contribution in [3.63, 3.8) is 0 Å². The van der Waals surface area contributed by atoms with Gasteiger partial charge in [0.1, 0.15) is 0 Å². The van der Waals surface area contributed by atoms with Crippen molar-refractivity contribution in [2.75, 3.05) is 10.6 Å². The number of anilines is 2. The molecule has 3 aromatic rings. The summed E-state index contributed by atoms with van der Waals surface area (Å²) in [7, 11) is 0. The summed E-state index contributed by atoms with van der Waals surface area (Å²) in [6.07, 6.45) is 0. The van der Waals surface area contributed by atoms with Crippen LogP contribution in [-0.2, 0) is 0 Å². The van der Waals surface area contributed by atoms with Crippen molar-refractivity contribution < 1.29 is 4.79 Å². The minimum absolute atomic E-state index is 0.289. The van der Waals surface area contributed by atoms with E-state index in [1.165, 1.54) is 0 Å². The van der Waals surface area contributed by atoms with Crippen LogP contribution in [0.3, 0.4) is 0 Å². The molecule has 2 heterocycles. The van der Waals surface area contributed by atoms with Crippen LogP contribution >= 0.6 is 11.3 Å². The lowest BCUT2D eigenvalue weighted by Gasteiger charge is -2.07. The molecule has 21 heavy (non-hydrogen) atoms. The molecule has 0 atom stereocenters. The molecule has 0 saturated heterocycles. The summed E-state index contributed by atoms with van der Waals surface area (Å²) in [6.45, 7) is 5.67. The van der Waals surface area contributed by atoms with E-state index < -0.39 is 0 Å². The van der Waals surface area contributed by atoms with Crippen molar-refractivity contribution in [3.05, 3.63) is 34.6 Å². The van der Waals surface area contributed by atoms with Crippen LogP contribution in [0.2, 0.25) is 0 Å². The second-order valence-electron chi connectivity index (χ2n) is 4.80. The van der Waals surface area contributed by atoms with Gasteiger partial charge < -0.3 is 10.6 Å². The molecule has 0 bridgehead atoms. The molecule has 108 valence electrons. The minimum Gasteiger partial charge on any atom is -0.308 e. The van der Waals surface area contributed by atoms with E-state index in [1.807, 2.05) is 39.0 Å². The number of amides is 2. The first-order chi connectivity index (χ1) is 10.0. The highest BCUT2D eigenvalue weighted by Crippen LogP contribution is 2.25. The minimum atomic E-state index is -0.289. The number of fused-ring (bicyclic) bond motifs is 1. The molecular formula is C14H15N5OS. The fourth-order valence-corrected chi connectivity index (χ4v) is 2.99. The van der Waals surface area contributed by atoms with Gasteiger partial charge in [-0.1, -0.05) is 0 Å². The number of hydrogen-bond donors (Lipinski definition) is 3. The van der Waals surface area contributed by atoms with Gasteiger partial charge in [0, 0.05) is 5.69 Å². The van der Waals surface area contributed by atoms with Crippen LogP contribution in [0.15, 0.2) is 18.2 Å². The van der Waals surface area contributed by atoms with E-state index in [2.05, 4.69) is 25.8 Å². The van der Waals surface area contributed by atoms with Crippen molar-refractivity contribution in [2.24, 2.45) is 0 Å². The van der Waals surface area contributed by atoms with Crippen molar-refractivity contribution >= 4 is 39.0 Å². The Hall–Kier alpha value is -2.41. The molecule has 0 unspecified atom stereocenters. The molecule has 1 aromatic carbocycles. The second kappa shape index (κ2) is 5.17. The highest BCUT2D eigenvalue weighted by Gasteiger charge is 2.10. The molecule has 2 aromatic heterocycles. The summed E-state index contributed by atoms with van der Waals surface area (Å²) >= 11 is 1.61. The zero-order valence-corrected chi connectivity index (χ0v) is 12.8. The molecule has 0 fully saturated rings. The van der Waals surface area contributed by atoms with E-state index in [0.717, 1.165) is 32.3 Å². The Bertz CT molecular complexity index is 800. The topological polar surface area (TPSA) is 82.7 Å². The molecule has 0 aliphatic rings. The Balaban J connectivity index is 1.76. The van der Waals surface area contributed by atoms with Crippen molar-refractivity contribution in [2.45, 2.75) is 20.8 Å². The number of nitrogens with one attached hydrogen (secondary N) is 3. The first-order valence-electron chi connectivity index (χ1n) is 6.49. The Morgan fingerprint density at radius 1 is 1.24 bits per heavy atom. The van der Waals surface area contributed by atoms with Gasteiger partial charge >= 0.3 is 6.03 Å². The van der Waals surface area contributed by atoms with Gasteiger partial charge in [-0.15, -0.1) is 11.3 Å². The summed E-state index contributed by atoms with van der Waals surface area (Å²) in [5, 5.41) is 13.5. The summed E-state index contributed by atoms with van der Waals surface area (Å²) in [6, 6.07) is 5.39. The van der Waals surface area contributed by atoms with Gasteiger partial charge in [0.2, 0.25) is 0 Å². The van der Waals surface area contributed by atoms with Gasteiger partial charge in [-0.25, -0.2) is 9.78 Å². The smallest absolute Gasteiger partial charge is 0.308 e. The van der Waals surface area contributed by atoms with Crippen LogP contribution in [0.4, 0.5) is 16.2 Å². The normalized spacial score (nSPS) is 10.8. The molecule has 0 aliphatic heterocycles. The second-order valence-corrected chi connectivity index (χ2v) is 6.04. The third-order valence-electron chi connectivity index (χ3n) is 3.12. The standard InChI is InChI=1S/C14H15N5OS/c1-7-13(8(2)19-18-7)17-14(20)16-10-4-5-11-12(6-10)21-9(3)15-11/h4-6H,1-3H3,(H,18,19)(H2,16,17,20). The van der Waals surface area contributed by atoms with E-state index in [0.29, 0.717) is 5.69 Å². The highest BCUT2D eigenvalue weighted by molar-refractivity contribution is 7.18. The fraction of sp³-hybridized carbons (Fsp3) is 0.214. The van der Waals surface area contributed by atoms with Crippen molar-refractivity contribution in [1.29, 1.82) is 0 Å². The lowest BCUT2D eigenvalue weighted by molar-refractivity contribution is 0.262. The zero-order chi connectivity index (χ0) is 15.0. The lowest BCUT2D eigenvalue weighted by Crippen LogP contribution is -2.20. The number of thiazole rings is 1. The molecule has 0 spiro atoms. The third-order valence-corrected chi connectivity index (χ3v) is 4.05. The van der Waals surface area contributed by atoms with E-state index in [-0.39, 0.29) is 6.03 Å². The fourth-order valence-electron chi connectivity index (χ4n) is 2.13. The first-order valence-corrected chi connectivity index (χ1v) is 7.31. The van der Waals surface area contributed by atoms with E-state index in [9.17, 15) is 4.79 Å². The Labute approximate surface area is 125 Å². The molecule has 0 radical (unpaired) electrons. The Morgan fingerprint density at radius 3 is 2.76 bits per heavy atom. The maximum absolute atomic E-state index is 12.0. The summed E-state index contributed by atoms with van der Waals surface area (Å²) in [4.78, 5) is 16.4. The number of hydrogen-bond acceptors (Lipinski definition) is 4. The molecular weight excluding hydrogens is 286 g/mol. The van der Waals surface area contributed by atoms with Crippen LogP contribution in [0.5, 0.6) is 0 Å². The number of aromatic amines is 1. The number of aromatic nitrogens is 3. The van der Waals surface area contributed by atoms with Crippen LogP contribution in [0.25, 0.3) is 10.2 Å². The van der Waals surface area contributed by atoms with Crippen LogP contribution < -0.4 is 10.6 Å². The number of aryl methyl sites for hydroxylation is 3. The molecule has 2 amide bonds. The number of nitrogens with zero attached hydrogens (tertiary/aromatic N) is 2. The predicted molar refractivity (Wildman–Crippen MR) is 85.1 cm³/mol.